The average molecular weight is 428 g/mol. The predicted molar refractivity (Wildman–Crippen MR) is 130 cm³/mol. The van der Waals surface area contributed by atoms with Crippen molar-refractivity contribution in [3.05, 3.63) is 83.9 Å². The van der Waals surface area contributed by atoms with E-state index >= 15 is 0 Å². The molecule has 0 bridgehead atoms. The highest BCUT2D eigenvalue weighted by atomic mass is 16.2. The van der Waals surface area contributed by atoms with E-state index in [-0.39, 0.29) is 11.8 Å². The molecule has 0 aliphatic carbocycles. The van der Waals surface area contributed by atoms with Gasteiger partial charge < -0.3 is 15.5 Å². The number of carbonyl (C=O) groups is 2. The average Bonchev–Trinajstić information content (AvgIpc) is 3.38. The molecule has 0 radical (unpaired) electrons. The van der Waals surface area contributed by atoms with Crippen molar-refractivity contribution in [3.63, 3.8) is 0 Å². The maximum Gasteiger partial charge on any atom is 0.255 e. The van der Waals surface area contributed by atoms with Gasteiger partial charge in [-0.05, 0) is 60.7 Å². The van der Waals surface area contributed by atoms with Crippen LogP contribution < -0.4 is 15.5 Å². The highest BCUT2D eigenvalue weighted by molar-refractivity contribution is 6.06. The van der Waals surface area contributed by atoms with Gasteiger partial charge in [-0.1, -0.05) is 49.4 Å². The summed E-state index contributed by atoms with van der Waals surface area (Å²) in [7, 11) is 0. The molecule has 5 nitrogen and oxygen atoms in total. The lowest BCUT2D eigenvalue weighted by molar-refractivity contribution is 0.0952. The van der Waals surface area contributed by atoms with Crippen molar-refractivity contribution in [1.82, 2.24) is 5.32 Å². The molecule has 3 aromatic rings. The Morgan fingerprint density at radius 2 is 1.53 bits per heavy atom. The van der Waals surface area contributed by atoms with Crippen LogP contribution in [0.3, 0.4) is 0 Å². The summed E-state index contributed by atoms with van der Waals surface area (Å²) in [4.78, 5) is 27.9. The van der Waals surface area contributed by atoms with Crippen LogP contribution >= 0.6 is 0 Å². The standard InChI is InChI=1S/C27H29N3O2/c1-2-16-28-27(32)24-19-23(14-15-25(24)30-17-6-7-18-30)29-26(31)22-12-10-21(11-13-22)20-8-4-3-5-9-20/h3-5,8-15,19H,2,6-7,16-18H2,1H3,(H,28,32)(H,29,31). The van der Waals surface area contributed by atoms with E-state index in [1.807, 2.05) is 73.7 Å². The van der Waals surface area contributed by atoms with E-state index in [2.05, 4.69) is 15.5 Å². The van der Waals surface area contributed by atoms with Crippen LogP contribution in [-0.2, 0) is 0 Å². The molecule has 2 N–H and O–H groups in total. The van der Waals surface area contributed by atoms with E-state index in [9.17, 15) is 9.59 Å². The molecule has 5 heteroatoms. The van der Waals surface area contributed by atoms with Gasteiger partial charge in [0.2, 0.25) is 0 Å². The number of anilines is 2. The second-order valence-corrected chi connectivity index (χ2v) is 8.08. The van der Waals surface area contributed by atoms with Crippen molar-refractivity contribution < 1.29 is 9.59 Å². The van der Waals surface area contributed by atoms with Crippen molar-refractivity contribution in [2.45, 2.75) is 26.2 Å². The molecule has 0 atom stereocenters. The normalized spacial score (nSPS) is 13.1. The van der Waals surface area contributed by atoms with Gasteiger partial charge >= 0.3 is 0 Å². The van der Waals surface area contributed by atoms with Gasteiger partial charge in [0.25, 0.3) is 11.8 Å². The third-order valence-electron chi connectivity index (χ3n) is 5.74. The Kier molecular flexibility index (Phi) is 6.85. The molecule has 0 spiro atoms. The Morgan fingerprint density at radius 1 is 0.844 bits per heavy atom. The molecule has 1 aliphatic rings. The quantitative estimate of drug-likeness (QED) is 0.535. The van der Waals surface area contributed by atoms with Gasteiger partial charge in [0.05, 0.1) is 5.56 Å². The van der Waals surface area contributed by atoms with Gasteiger partial charge in [0.15, 0.2) is 0 Å². The van der Waals surface area contributed by atoms with Crippen LogP contribution in [0.4, 0.5) is 11.4 Å². The highest BCUT2D eigenvalue weighted by Crippen LogP contribution is 2.28. The molecule has 1 aliphatic heterocycles. The summed E-state index contributed by atoms with van der Waals surface area (Å²) in [5.41, 5.74) is 4.91. The first-order valence-electron chi connectivity index (χ1n) is 11.3. The van der Waals surface area contributed by atoms with Crippen molar-refractivity contribution in [2.24, 2.45) is 0 Å². The third kappa shape index (κ3) is 4.99. The predicted octanol–water partition coefficient (Wildman–Crippen LogP) is 5.35. The molecule has 1 heterocycles. The Balaban J connectivity index is 1.52. The molecule has 2 amide bonds. The Hall–Kier alpha value is -3.60. The fourth-order valence-corrected chi connectivity index (χ4v) is 4.01. The van der Waals surface area contributed by atoms with Crippen LogP contribution in [0, 0.1) is 0 Å². The van der Waals surface area contributed by atoms with Gasteiger partial charge in [-0.25, -0.2) is 0 Å². The van der Waals surface area contributed by atoms with Crippen LogP contribution in [0.15, 0.2) is 72.8 Å². The smallest absolute Gasteiger partial charge is 0.255 e. The first kappa shape index (κ1) is 21.6. The molecule has 0 aromatic heterocycles. The minimum Gasteiger partial charge on any atom is -0.371 e. The zero-order valence-electron chi connectivity index (χ0n) is 18.4. The third-order valence-corrected chi connectivity index (χ3v) is 5.74. The lowest BCUT2D eigenvalue weighted by Crippen LogP contribution is -2.28. The lowest BCUT2D eigenvalue weighted by atomic mass is 10.0. The number of rotatable bonds is 7. The molecule has 3 aromatic carbocycles. The van der Waals surface area contributed by atoms with E-state index in [0.29, 0.717) is 23.4 Å². The second kappa shape index (κ2) is 10.1. The molecule has 1 fully saturated rings. The fourth-order valence-electron chi connectivity index (χ4n) is 4.01. The summed E-state index contributed by atoms with van der Waals surface area (Å²) in [5.74, 6) is -0.296. The Bertz CT molecular complexity index is 1070. The maximum atomic E-state index is 12.8. The summed E-state index contributed by atoms with van der Waals surface area (Å²) in [6, 6.07) is 23.2. The summed E-state index contributed by atoms with van der Waals surface area (Å²) in [5, 5.41) is 5.92. The van der Waals surface area contributed by atoms with E-state index in [0.717, 1.165) is 49.2 Å². The van der Waals surface area contributed by atoms with E-state index in [1.165, 1.54) is 0 Å². The van der Waals surface area contributed by atoms with Crippen LogP contribution in [-0.4, -0.2) is 31.4 Å². The van der Waals surface area contributed by atoms with Crippen LogP contribution in [0.5, 0.6) is 0 Å². The molecule has 164 valence electrons. The van der Waals surface area contributed by atoms with E-state index < -0.39 is 0 Å². The Morgan fingerprint density at radius 3 is 2.22 bits per heavy atom. The van der Waals surface area contributed by atoms with Gasteiger partial charge in [0, 0.05) is 36.6 Å². The summed E-state index contributed by atoms with van der Waals surface area (Å²) >= 11 is 0. The van der Waals surface area contributed by atoms with Gasteiger partial charge in [-0.15, -0.1) is 0 Å². The minimum absolute atomic E-state index is 0.0999. The summed E-state index contributed by atoms with van der Waals surface area (Å²) in [6.45, 7) is 4.56. The number of amides is 2. The number of hydrogen-bond donors (Lipinski definition) is 2. The summed E-state index contributed by atoms with van der Waals surface area (Å²) < 4.78 is 0. The van der Waals surface area contributed by atoms with E-state index in [1.54, 1.807) is 6.07 Å². The molecule has 32 heavy (non-hydrogen) atoms. The highest BCUT2D eigenvalue weighted by Gasteiger charge is 2.20. The number of nitrogens with one attached hydrogen (secondary N) is 2. The van der Waals surface area contributed by atoms with Gasteiger partial charge in [-0.3, -0.25) is 9.59 Å². The minimum atomic E-state index is -0.196. The first-order chi connectivity index (χ1) is 15.7. The Labute approximate surface area is 189 Å². The first-order valence-corrected chi connectivity index (χ1v) is 11.3. The van der Waals surface area contributed by atoms with Gasteiger partial charge in [-0.2, -0.15) is 0 Å². The van der Waals surface area contributed by atoms with E-state index in [4.69, 9.17) is 0 Å². The van der Waals surface area contributed by atoms with Crippen LogP contribution in [0.1, 0.15) is 46.9 Å². The van der Waals surface area contributed by atoms with Crippen molar-refractivity contribution in [1.29, 1.82) is 0 Å². The zero-order chi connectivity index (χ0) is 22.3. The maximum absolute atomic E-state index is 12.8. The van der Waals surface area contributed by atoms with Crippen LogP contribution in [0.2, 0.25) is 0 Å². The molecular weight excluding hydrogens is 398 g/mol. The number of nitrogens with zero attached hydrogens (tertiary/aromatic N) is 1. The zero-order valence-corrected chi connectivity index (χ0v) is 18.4. The van der Waals surface area contributed by atoms with Crippen molar-refractivity contribution in [3.8, 4) is 11.1 Å². The van der Waals surface area contributed by atoms with Crippen LogP contribution in [0.25, 0.3) is 11.1 Å². The molecule has 0 unspecified atom stereocenters. The summed E-state index contributed by atoms with van der Waals surface area (Å²) in [6.07, 6.45) is 3.14. The molecule has 0 saturated carbocycles. The topological polar surface area (TPSA) is 61.4 Å². The number of hydrogen-bond acceptors (Lipinski definition) is 3. The van der Waals surface area contributed by atoms with Crippen molar-refractivity contribution in [2.75, 3.05) is 29.9 Å². The van der Waals surface area contributed by atoms with Crippen molar-refractivity contribution >= 4 is 23.2 Å². The SMILES string of the molecule is CCCNC(=O)c1cc(NC(=O)c2ccc(-c3ccccc3)cc2)ccc1N1CCCC1. The number of carbonyl (C=O) groups excluding carboxylic acids is 2. The molecule has 1 saturated heterocycles. The van der Waals surface area contributed by atoms with Gasteiger partial charge in [0.1, 0.15) is 0 Å². The molecule has 4 rings (SSSR count). The largest absolute Gasteiger partial charge is 0.371 e. The lowest BCUT2D eigenvalue weighted by Gasteiger charge is -2.22. The second-order valence-electron chi connectivity index (χ2n) is 8.08. The molecular formula is C27H29N3O2. The fraction of sp³-hybridized carbons (Fsp3) is 0.259. The number of benzene rings is 3. The monoisotopic (exact) mass is 427 g/mol.